The highest BCUT2D eigenvalue weighted by atomic mass is 16.3. The molecule has 4 N–H and O–H groups in total. The zero-order valence-corrected chi connectivity index (χ0v) is 9.94. The fraction of sp³-hybridized carbons (Fsp3) is 0.636. The first-order valence-electron chi connectivity index (χ1n) is 5.78. The summed E-state index contributed by atoms with van der Waals surface area (Å²) in [6.45, 7) is 0.344. The van der Waals surface area contributed by atoms with Gasteiger partial charge >= 0.3 is 0 Å². The molecular formula is C11H18N4O2. The number of anilines is 1. The molecular weight excluding hydrogens is 220 g/mol. The van der Waals surface area contributed by atoms with Gasteiger partial charge in [0.25, 0.3) is 5.91 Å². The van der Waals surface area contributed by atoms with E-state index in [1.165, 1.54) is 11.1 Å². The van der Waals surface area contributed by atoms with E-state index >= 15 is 0 Å². The van der Waals surface area contributed by atoms with E-state index < -0.39 is 5.60 Å². The molecule has 94 valence electrons. The van der Waals surface area contributed by atoms with Gasteiger partial charge < -0.3 is 15.7 Å². The molecule has 0 radical (unpaired) electrons. The van der Waals surface area contributed by atoms with E-state index in [1.807, 2.05) is 0 Å². The summed E-state index contributed by atoms with van der Waals surface area (Å²) in [5.74, 6) is 0.0526. The van der Waals surface area contributed by atoms with Crippen LogP contribution in [0, 0.1) is 0 Å². The Balaban J connectivity index is 2.03. The van der Waals surface area contributed by atoms with E-state index in [4.69, 9.17) is 5.73 Å². The Morgan fingerprint density at radius 3 is 2.82 bits per heavy atom. The molecule has 6 nitrogen and oxygen atoms in total. The van der Waals surface area contributed by atoms with Gasteiger partial charge in [-0.3, -0.25) is 9.89 Å². The van der Waals surface area contributed by atoms with Crippen LogP contribution in [-0.2, 0) is 0 Å². The Bertz CT molecular complexity index is 409. The van der Waals surface area contributed by atoms with Gasteiger partial charge in [0, 0.05) is 13.6 Å². The van der Waals surface area contributed by atoms with Gasteiger partial charge in [-0.25, -0.2) is 0 Å². The maximum atomic E-state index is 12.0. The molecule has 1 fully saturated rings. The number of hydrogen-bond acceptors (Lipinski definition) is 4. The third kappa shape index (κ3) is 2.41. The summed E-state index contributed by atoms with van der Waals surface area (Å²) in [7, 11) is 1.67. The molecule has 6 heteroatoms. The number of aliphatic hydroxyl groups is 1. The molecule has 0 spiro atoms. The van der Waals surface area contributed by atoms with E-state index in [0.717, 1.165) is 25.7 Å². The van der Waals surface area contributed by atoms with Crippen LogP contribution in [0.2, 0.25) is 0 Å². The average Bonchev–Trinajstić information content (AvgIpc) is 2.86. The molecule has 1 amide bonds. The minimum atomic E-state index is -0.733. The van der Waals surface area contributed by atoms with E-state index in [-0.39, 0.29) is 11.7 Å². The number of likely N-dealkylation sites (N-methyl/N-ethyl adjacent to an activating group) is 1. The van der Waals surface area contributed by atoms with Crippen molar-refractivity contribution in [1.29, 1.82) is 0 Å². The van der Waals surface area contributed by atoms with Crippen molar-refractivity contribution in [2.75, 3.05) is 19.3 Å². The molecule has 0 unspecified atom stereocenters. The van der Waals surface area contributed by atoms with Crippen LogP contribution in [0.25, 0.3) is 0 Å². The second kappa shape index (κ2) is 4.37. The Morgan fingerprint density at radius 1 is 1.65 bits per heavy atom. The monoisotopic (exact) mass is 238 g/mol. The Morgan fingerprint density at radius 2 is 2.29 bits per heavy atom. The molecule has 2 rings (SSSR count). The van der Waals surface area contributed by atoms with E-state index in [0.29, 0.717) is 12.1 Å². The highest BCUT2D eigenvalue weighted by molar-refractivity contribution is 5.97. The fourth-order valence-electron chi connectivity index (χ4n) is 2.38. The number of H-pyrrole nitrogens is 1. The molecule has 1 saturated carbocycles. The van der Waals surface area contributed by atoms with Gasteiger partial charge in [-0.05, 0) is 12.8 Å². The van der Waals surface area contributed by atoms with Crippen LogP contribution in [-0.4, -0.2) is 45.3 Å². The molecule has 0 saturated heterocycles. The number of nitrogens with zero attached hydrogens (tertiary/aromatic N) is 2. The van der Waals surface area contributed by atoms with Crippen LogP contribution < -0.4 is 5.73 Å². The zero-order chi connectivity index (χ0) is 12.5. The number of carbonyl (C=O) groups excluding carboxylic acids is 1. The first-order valence-corrected chi connectivity index (χ1v) is 5.78. The van der Waals surface area contributed by atoms with Gasteiger partial charge in [-0.1, -0.05) is 12.8 Å². The van der Waals surface area contributed by atoms with Crippen LogP contribution in [0.1, 0.15) is 36.0 Å². The second-order valence-corrected chi connectivity index (χ2v) is 4.79. The number of rotatable bonds is 3. The summed E-state index contributed by atoms with van der Waals surface area (Å²) in [4.78, 5) is 13.5. The standard InChI is InChI=1S/C11H18N4O2/c1-15(7-11(17)4-2-3-5-11)10(16)8-6-13-14-9(8)12/h6,17H,2-5,7H2,1H3,(H3,12,13,14). The first kappa shape index (κ1) is 11.9. The summed E-state index contributed by atoms with van der Waals surface area (Å²) in [5.41, 5.74) is 5.21. The number of hydrogen-bond donors (Lipinski definition) is 3. The fourth-order valence-corrected chi connectivity index (χ4v) is 2.38. The lowest BCUT2D eigenvalue weighted by Crippen LogP contribution is -2.42. The van der Waals surface area contributed by atoms with Crippen molar-refractivity contribution in [3.05, 3.63) is 11.8 Å². The number of nitrogens with one attached hydrogen (secondary N) is 1. The van der Waals surface area contributed by atoms with Crippen molar-refractivity contribution < 1.29 is 9.90 Å². The first-order chi connectivity index (χ1) is 8.02. The largest absolute Gasteiger partial charge is 0.388 e. The van der Waals surface area contributed by atoms with E-state index in [9.17, 15) is 9.90 Å². The summed E-state index contributed by atoms with van der Waals surface area (Å²) in [5, 5.41) is 16.5. The van der Waals surface area contributed by atoms with Crippen LogP contribution in [0.4, 0.5) is 5.82 Å². The molecule has 1 aromatic heterocycles. The van der Waals surface area contributed by atoms with Gasteiger partial charge in [0.2, 0.25) is 0 Å². The van der Waals surface area contributed by atoms with Crippen molar-refractivity contribution in [1.82, 2.24) is 15.1 Å². The minimum Gasteiger partial charge on any atom is -0.388 e. The Hall–Kier alpha value is -1.56. The molecule has 0 atom stereocenters. The molecule has 0 bridgehead atoms. The van der Waals surface area contributed by atoms with Crippen LogP contribution in [0.3, 0.4) is 0 Å². The quantitative estimate of drug-likeness (QED) is 0.709. The van der Waals surface area contributed by atoms with Crippen LogP contribution in [0.15, 0.2) is 6.20 Å². The Labute approximate surface area is 99.8 Å². The third-order valence-corrected chi connectivity index (χ3v) is 3.31. The highest BCUT2D eigenvalue weighted by Crippen LogP contribution is 2.30. The second-order valence-electron chi connectivity index (χ2n) is 4.79. The topological polar surface area (TPSA) is 95.2 Å². The van der Waals surface area contributed by atoms with E-state index in [1.54, 1.807) is 7.05 Å². The molecule has 17 heavy (non-hydrogen) atoms. The van der Waals surface area contributed by atoms with Gasteiger partial charge in [0.05, 0.1) is 11.8 Å². The maximum Gasteiger partial charge on any atom is 0.259 e. The lowest BCUT2D eigenvalue weighted by atomic mass is 10.0. The molecule has 1 aromatic rings. The molecule has 1 aliphatic rings. The van der Waals surface area contributed by atoms with Crippen molar-refractivity contribution in [3.63, 3.8) is 0 Å². The smallest absolute Gasteiger partial charge is 0.259 e. The Kier molecular flexibility index (Phi) is 3.06. The van der Waals surface area contributed by atoms with E-state index in [2.05, 4.69) is 10.2 Å². The lowest BCUT2D eigenvalue weighted by Gasteiger charge is -2.28. The highest BCUT2D eigenvalue weighted by Gasteiger charge is 2.34. The van der Waals surface area contributed by atoms with Crippen molar-refractivity contribution >= 4 is 11.7 Å². The lowest BCUT2D eigenvalue weighted by molar-refractivity contribution is 0.0157. The summed E-state index contributed by atoms with van der Waals surface area (Å²) in [6, 6.07) is 0. The normalized spacial score (nSPS) is 18.2. The third-order valence-electron chi connectivity index (χ3n) is 3.31. The van der Waals surface area contributed by atoms with Gasteiger partial charge in [-0.15, -0.1) is 0 Å². The summed E-state index contributed by atoms with van der Waals surface area (Å²) < 4.78 is 0. The van der Waals surface area contributed by atoms with Gasteiger partial charge in [0.1, 0.15) is 11.4 Å². The molecule has 0 aliphatic heterocycles. The molecule has 1 aliphatic carbocycles. The summed E-state index contributed by atoms with van der Waals surface area (Å²) in [6.07, 6.45) is 4.96. The number of amides is 1. The van der Waals surface area contributed by atoms with Gasteiger partial charge in [0.15, 0.2) is 0 Å². The average molecular weight is 238 g/mol. The number of nitrogens with two attached hydrogens (primary N) is 1. The predicted octanol–water partition coefficient (Wildman–Crippen LogP) is 0.369. The molecule has 1 heterocycles. The van der Waals surface area contributed by atoms with Crippen molar-refractivity contribution in [2.24, 2.45) is 0 Å². The van der Waals surface area contributed by atoms with Crippen molar-refractivity contribution in [3.8, 4) is 0 Å². The number of aromatic nitrogens is 2. The van der Waals surface area contributed by atoms with Gasteiger partial charge in [-0.2, -0.15) is 5.10 Å². The number of nitrogen functional groups attached to an aromatic ring is 1. The number of carbonyl (C=O) groups is 1. The SMILES string of the molecule is CN(CC1(O)CCCC1)C(=O)c1cn[nH]c1N. The number of aromatic amines is 1. The summed E-state index contributed by atoms with van der Waals surface area (Å²) >= 11 is 0. The minimum absolute atomic E-state index is 0.212. The van der Waals surface area contributed by atoms with Crippen LogP contribution in [0.5, 0.6) is 0 Å². The molecule has 0 aromatic carbocycles. The predicted molar refractivity (Wildman–Crippen MR) is 63.4 cm³/mol. The van der Waals surface area contributed by atoms with Crippen molar-refractivity contribution in [2.45, 2.75) is 31.3 Å². The maximum absolute atomic E-state index is 12.0. The zero-order valence-electron chi connectivity index (χ0n) is 9.94. The van der Waals surface area contributed by atoms with Crippen LogP contribution >= 0.6 is 0 Å².